The standard InChI is InChI=1S/C18H26FN3/c19-16-10-13(11-20)9-14-2-8-22(12-15(14)16)17-1-3-18(17)4-6-21-7-5-18/h9-10,17,21H,1-8,11-12,20H2. The maximum absolute atomic E-state index is 14.4. The van der Waals surface area contributed by atoms with Crippen molar-refractivity contribution in [3.05, 3.63) is 34.6 Å². The highest BCUT2D eigenvalue weighted by Gasteiger charge is 2.49. The van der Waals surface area contributed by atoms with Gasteiger partial charge in [-0.3, -0.25) is 4.90 Å². The first-order valence-corrected chi connectivity index (χ1v) is 8.67. The van der Waals surface area contributed by atoms with E-state index in [0.29, 0.717) is 18.0 Å². The summed E-state index contributed by atoms with van der Waals surface area (Å²) in [6.07, 6.45) is 6.19. The third-order valence-electron chi connectivity index (χ3n) is 6.28. The molecule has 3 N–H and O–H groups in total. The van der Waals surface area contributed by atoms with Gasteiger partial charge in [0.1, 0.15) is 5.82 Å². The number of hydrogen-bond acceptors (Lipinski definition) is 3. The summed E-state index contributed by atoms with van der Waals surface area (Å²) < 4.78 is 14.4. The van der Waals surface area contributed by atoms with Gasteiger partial charge in [-0.1, -0.05) is 6.07 Å². The fourth-order valence-corrected chi connectivity index (χ4v) is 4.85. The van der Waals surface area contributed by atoms with E-state index in [9.17, 15) is 4.39 Å². The molecule has 3 nitrogen and oxygen atoms in total. The molecule has 120 valence electrons. The highest BCUT2D eigenvalue weighted by molar-refractivity contribution is 5.35. The molecule has 1 aliphatic carbocycles. The van der Waals surface area contributed by atoms with Gasteiger partial charge in [-0.15, -0.1) is 0 Å². The molecule has 4 heteroatoms. The minimum atomic E-state index is -0.0543. The molecular weight excluding hydrogens is 277 g/mol. The van der Waals surface area contributed by atoms with Gasteiger partial charge >= 0.3 is 0 Å². The molecular formula is C18H26FN3. The van der Waals surface area contributed by atoms with Crippen molar-refractivity contribution in [2.45, 2.75) is 51.2 Å². The molecule has 1 saturated carbocycles. The van der Waals surface area contributed by atoms with Gasteiger partial charge in [0.05, 0.1) is 0 Å². The van der Waals surface area contributed by atoms with Crippen molar-refractivity contribution < 1.29 is 4.39 Å². The van der Waals surface area contributed by atoms with Crippen molar-refractivity contribution in [1.82, 2.24) is 10.2 Å². The number of nitrogens with zero attached hydrogens (tertiary/aromatic N) is 1. The summed E-state index contributed by atoms with van der Waals surface area (Å²) in [5.74, 6) is -0.0543. The van der Waals surface area contributed by atoms with Crippen LogP contribution in [0.15, 0.2) is 12.1 Å². The van der Waals surface area contributed by atoms with Crippen LogP contribution in [0, 0.1) is 11.2 Å². The minimum absolute atomic E-state index is 0.0543. The van der Waals surface area contributed by atoms with Crippen molar-refractivity contribution in [3.8, 4) is 0 Å². The van der Waals surface area contributed by atoms with E-state index in [2.05, 4.69) is 16.3 Å². The molecule has 22 heavy (non-hydrogen) atoms. The molecule has 4 rings (SSSR count). The van der Waals surface area contributed by atoms with E-state index in [1.54, 1.807) is 6.07 Å². The van der Waals surface area contributed by atoms with Crippen LogP contribution in [0.4, 0.5) is 4.39 Å². The Kier molecular flexibility index (Phi) is 3.71. The van der Waals surface area contributed by atoms with Crippen LogP contribution in [0.1, 0.15) is 42.4 Å². The second-order valence-electron chi connectivity index (χ2n) is 7.31. The van der Waals surface area contributed by atoms with E-state index < -0.39 is 0 Å². The Labute approximate surface area is 132 Å². The SMILES string of the molecule is NCc1cc(F)c2c(c1)CCN(C1CCC13CCNCC3)C2. The average molecular weight is 303 g/mol. The second kappa shape index (κ2) is 5.59. The molecule has 0 bridgehead atoms. The fraction of sp³-hybridized carbons (Fsp3) is 0.667. The number of halogens is 1. The fourth-order valence-electron chi connectivity index (χ4n) is 4.85. The molecule has 0 radical (unpaired) electrons. The van der Waals surface area contributed by atoms with Gasteiger partial charge in [0.25, 0.3) is 0 Å². The van der Waals surface area contributed by atoms with Crippen LogP contribution in [0.25, 0.3) is 0 Å². The Morgan fingerprint density at radius 2 is 2.09 bits per heavy atom. The smallest absolute Gasteiger partial charge is 0.128 e. The summed E-state index contributed by atoms with van der Waals surface area (Å²) >= 11 is 0. The van der Waals surface area contributed by atoms with Crippen LogP contribution in [-0.2, 0) is 19.5 Å². The van der Waals surface area contributed by atoms with Gasteiger partial charge in [-0.25, -0.2) is 4.39 Å². The Hall–Kier alpha value is -0.970. The van der Waals surface area contributed by atoms with E-state index >= 15 is 0 Å². The van der Waals surface area contributed by atoms with Gasteiger partial charge in [0.15, 0.2) is 0 Å². The summed E-state index contributed by atoms with van der Waals surface area (Å²) in [7, 11) is 0. The predicted octanol–water partition coefficient (Wildman–Crippen LogP) is 2.17. The Morgan fingerprint density at radius 1 is 1.27 bits per heavy atom. The highest BCUT2D eigenvalue weighted by atomic mass is 19.1. The van der Waals surface area contributed by atoms with Crippen LogP contribution < -0.4 is 11.1 Å². The van der Waals surface area contributed by atoms with Gasteiger partial charge < -0.3 is 11.1 Å². The van der Waals surface area contributed by atoms with E-state index in [0.717, 1.165) is 43.7 Å². The third kappa shape index (κ3) is 2.29. The van der Waals surface area contributed by atoms with Crippen molar-refractivity contribution in [2.24, 2.45) is 11.1 Å². The zero-order valence-corrected chi connectivity index (χ0v) is 13.2. The quantitative estimate of drug-likeness (QED) is 0.880. The minimum Gasteiger partial charge on any atom is -0.326 e. The van der Waals surface area contributed by atoms with E-state index in [1.807, 2.05) is 0 Å². The second-order valence-corrected chi connectivity index (χ2v) is 7.31. The van der Waals surface area contributed by atoms with Crippen LogP contribution in [0.3, 0.4) is 0 Å². The van der Waals surface area contributed by atoms with E-state index in [-0.39, 0.29) is 5.82 Å². The van der Waals surface area contributed by atoms with E-state index in [4.69, 9.17) is 5.73 Å². The maximum atomic E-state index is 14.4. The first-order valence-electron chi connectivity index (χ1n) is 8.67. The monoisotopic (exact) mass is 303 g/mol. The number of benzene rings is 1. The molecule has 2 aliphatic heterocycles. The number of rotatable bonds is 2. The molecule has 1 saturated heterocycles. The highest BCUT2D eigenvalue weighted by Crippen LogP contribution is 2.51. The van der Waals surface area contributed by atoms with E-state index in [1.165, 1.54) is 31.2 Å². The van der Waals surface area contributed by atoms with Crippen molar-refractivity contribution in [2.75, 3.05) is 19.6 Å². The molecule has 0 aromatic heterocycles. The molecule has 1 spiro atoms. The molecule has 1 aromatic rings. The lowest BCUT2D eigenvalue weighted by Gasteiger charge is -2.57. The summed E-state index contributed by atoms with van der Waals surface area (Å²) in [5, 5.41) is 3.48. The van der Waals surface area contributed by atoms with Crippen LogP contribution in [0.5, 0.6) is 0 Å². The molecule has 1 aromatic carbocycles. The van der Waals surface area contributed by atoms with Crippen molar-refractivity contribution in [3.63, 3.8) is 0 Å². The topological polar surface area (TPSA) is 41.3 Å². The van der Waals surface area contributed by atoms with Gasteiger partial charge in [0, 0.05) is 31.2 Å². The maximum Gasteiger partial charge on any atom is 0.128 e. The summed E-state index contributed by atoms with van der Waals surface area (Å²) in [6.45, 7) is 4.57. The first kappa shape index (κ1) is 14.6. The van der Waals surface area contributed by atoms with Crippen LogP contribution in [-0.4, -0.2) is 30.6 Å². The summed E-state index contributed by atoms with van der Waals surface area (Å²) in [4.78, 5) is 2.56. The third-order valence-corrected chi connectivity index (χ3v) is 6.28. The molecule has 2 fully saturated rings. The largest absolute Gasteiger partial charge is 0.326 e. The number of fused-ring (bicyclic) bond motifs is 1. The summed E-state index contributed by atoms with van der Waals surface area (Å²) in [6, 6.07) is 4.40. The van der Waals surface area contributed by atoms with Crippen molar-refractivity contribution >= 4 is 0 Å². The Balaban J connectivity index is 1.55. The zero-order valence-electron chi connectivity index (χ0n) is 13.2. The first-order chi connectivity index (χ1) is 10.7. The molecule has 2 heterocycles. The molecule has 3 aliphatic rings. The lowest BCUT2D eigenvalue weighted by atomic mass is 9.58. The van der Waals surface area contributed by atoms with Gasteiger partial charge in [-0.2, -0.15) is 0 Å². The van der Waals surface area contributed by atoms with Crippen LogP contribution in [0.2, 0.25) is 0 Å². The molecule has 1 unspecified atom stereocenters. The number of piperidine rings is 1. The van der Waals surface area contributed by atoms with Gasteiger partial charge in [-0.05, 0) is 67.8 Å². The molecule has 1 atom stereocenters. The number of nitrogens with two attached hydrogens (primary N) is 1. The number of nitrogens with one attached hydrogen (secondary N) is 1. The normalized spacial score (nSPS) is 27.5. The predicted molar refractivity (Wildman–Crippen MR) is 86.0 cm³/mol. The lowest BCUT2D eigenvalue weighted by molar-refractivity contribution is -0.0546. The zero-order chi connectivity index (χ0) is 15.2. The Bertz CT molecular complexity index is 566. The van der Waals surface area contributed by atoms with Crippen molar-refractivity contribution in [1.29, 1.82) is 0 Å². The van der Waals surface area contributed by atoms with Crippen LogP contribution >= 0.6 is 0 Å². The van der Waals surface area contributed by atoms with Gasteiger partial charge in [0.2, 0.25) is 0 Å². The summed E-state index contributed by atoms with van der Waals surface area (Å²) in [5.41, 5.74) is 9.19. The molecule has 0 amide bonds. The number of hydrogen-bond donors (Lipinski definition) is 2. The average Bonchev–Trinajstić information content (AvgIpc) is 2.55. The lowest BCUT2D eigenvalue weighted by Crippen LogP contribution is -2.59. The Morgan fingerprint density at radius 3 is 2.77 bits per heavy atom.